The Kier molecular flexibility index (Phi) is 4.14. The lowest BCUT2D eigenvalue weighted by molar-refractivity contribution is -0.136. The number of nitrogens with zero attached hydrogens (tertiary/aromatic N) is 3. The van der Waals surface area contributed by atoms with Gasteiger partial charge in [0.15, 0.2) is 0 Å². The topological polar surface area (TPSA) is 64.4 Å². The van der Waals surface area contributed by atoms with Gasteiger partial charge in [0.2, 0.25) is 5.91 Å². The number of morpholine rings is 1. The first-order valence-corrected chi connectivity index (χ1v) is 9.34. The highest BCUT2D eigenvalue weighted by atomic mass is 32.1. The molecule has 2 aromatic heterocycles. The Hall–Kier alpha value is -1.73. The number of aromatic nitrogens is 2. The molecule has 0 N–H and O–H groups in total. The maximum atomic E-state index is 13.0. The second-order valence-electron chi connectivity index (χ2n) is 6.43. The van der Waals surface area contributed by atoms with Crippen molar-refractivity contribution < 1.29 is 9.53 Å². The number of thiophene rings is 1. The van der Waals surface area contributed by atoms with E-state index in [1.807, 2.05) is 6.92 Å². The van der Waals surface area contributed by atoms with E-state index in [1.54, 1.807) is 20.8 Å². The summed E-state index contributed by atoms with van der Waals surface area (Å²) in [6.45, 7) is 4.20. The molecule has 0 spiro atoms. The van der Waals surface area contributed by atoms with Crippen LogP contribution in [0.2, 0.25) is 0 Å². The summed E-state index contributed by atoms with van der Waals surface area (Å²) >= 11 is 1.65. The Bertz CT molecular complexity index is 849. The van der Waals surface area contributed by atoms with Crippen molar-refractivity contribution in [2.45, 2.75) is 39.2 Å². The largest absolute Gasteiger partial charge is 0.378 e. The molecule has 6 nitrogen and oxygen atoms in total. The number of carbonyl (C=O) groups excluding carboxylic acids is 1. The molecule has 1 amide bonds. The van der Waals surface area contributed by atoms with Crippen LogP contribution in [0.4, 0.5) is 0 Å². The van der Waals surface area contributed by atoms with E-state index in [-0.39, 0.29) is 18.0 Å². The molecule has 1 aliphatic heterocycles. The molecule has 3 heterocycles. The fraction of sp³-hybridized carbons (Fsp3) is 0.588. The highest BCUT2D eigenvalue weighted by molar-refractivity contribution is 7.18. The third-order valence-electron chi connectivity index (χ3n) is 4.92. The third-order valence-corrected chi connectivity index (χ3v) is 6.11. The Morgan fingerprint density at radius 3 is 2.79 bits per heavy atom. The minimum absolute atomic E-state index is 0.0336. The van der Waals surface area contributed by atoms with Crippen LogP contribution >= 0.6 is 11.3 Å². The molecular weight excluding hydrogens is 326 g/mol. The molecule has 0 atom stereocenters. The molecule has 0 bridgehead atoms. The summed E-state index contributed by atoms with van der Waals surface area (Å²) in [5.41, 5.74) is 1.12. The van der Waals surface area contributed by atoms with Gasteiger partial charge in [0.1, 0.15) is 17.2 Å². The average Bonchev–Trinajstić information content (AvgIpc) is 2.97. The number of hydrogen-bond acceptors (Lipinski definition) is 5. The second-order valence-corrected chi connectivity index (χ2v) is 7.52. The molecule has 1 aliphatic carbocycles. The first-order chi connectivity index (χ1) is 11.6. The molecular formula is C17H21N3O3S. The summed E-state index contributed by atoms with van der Waals surface area (Å²) in [4.78, 5) is 34.1. The molecule has 4 rings (SSSR count). The maximum Gasteiger partial charge on any atom is 0.263 e. The van der Waals surface area contributed by atoms with E-state index < -0.39 is 0 Å². The van der Waals surface area contributed by atoms with E-state index >= 15 is 0 Å². The zero-order chi connectivity index (χ0) is 16.7. The summed E-state index contributed by atoms with van der Waals surface area (Å²) in [5, 5.41) is 0.745. The summed E-state index contributed by atoms with van der Waals surface area (Å²) in [5.74, 6) is 0.585. The monoisotopic (exact) mass is 347 g/mol. The van der Waals surface area contributed by atoms with Crippen molar-refractivity contribution in [2.24, 2.45) is 0 Å². The summed E-state index contributed by atoms with van der Waals surface area (Å²) in [6.07, 6.45) is 4.30. The highest BCUT2D eigenvalue weighted by Crippen LogP contribution is 2.33. The van der Waals surface area contributed by atoms with Gasteiger partial charge in [0, 0.05) is 18.0 Å². The highest BCUT2D eigenvalue weighted by Gasteiger charge is 2.23. The van der Waals surface area contributed by atoms with Crippen molar-refractivity contribution in [1.82, 2.24) is 14.5 Å². The molecule has 0 saturated carbocycles. The second kappa shape index (κ2) is 6.29. The zero-order valence-electron chi connectivity index (χ0n) is 13.8. The van der Waals surface area contributed by atoms with Gasteiger partial charge in [0.05, 0.1) is 18.6 Å². The fourth-order valence-corrected chi connectivity index (χ4v) is 4.87. The molecule has 1 fully saturated rings. The van der Waals surface area contributed by atoms with Crippen molar-refractivity contribution in [1.29, 1.82) is 0 Å². The minimum atomic E-state index is -0.0569. The molecule has 128 valence electrons. The predicted octanol–water partition coefficient (Wildman–Crippen LogP) is 1.50. The zero-order valence-corrected chi connectivity index (χ0v) is 14.7. The summed E-state index contributed by atoms with van der Waals surface area (Å²) < 4.78 is 6.83. The van der Waals surface area contributed by atoms with Crippen LogP contribution in [0.5, 0.6) is 0 Å². The van der Waals surface area contributed by atoms with Crippen LogP contribution in [0.15, 0.2) is 4.79 Å². The molecule has 0 radical (unpaired) electrons. The van der Waals surface area contributed by atoms with Crippen LogP contribution < -0.4 is 5.56 Å². The van der Waals surface area contributed by atoms with Crippen molar-refractivity contribution >= 4 is 27.5 Å². The van der Waals surface area contributed by atoms with E-state index in [1.165, 1.54) is 16.9 Å². The van der Waals surface area contributed by atoms with Gasteiger partial charge in [0.25, 0.3) is 5.56 Å². The lowest BCUT2D eigenvalue weighted by atomic mass is 9.97. The van der Waals surface area contributed by atoms with Crippen LogP contribution in [0.3, 0.4) is 0 Å². The number of carbonyl (C=O) groups is 1. The molecule has 1 saturated heterocycles. The number of fused-ring (bicyclic) bond motifs is 3. The van der Waals surface area contributed by atoms with Gasteiger partial charge in [-0.05, 0) is 38.2 Å². The minimum Gasteiger partial charge on any atom is -0.378 e. The molecule has 2 aliphatic rings. The van der Waals surface area contributed by atoms with E-state index in [4.69, 9.17) is 4.74 Å². The fourth-order valence-electron chi connectivity index (χ4n) is 3.57. The SMILES string of the molecule is Cc1nc2sc3c(c2c(=O)n1CC(=O)N1CCOCC1)CCCC3. The molecule has 24 heavy (non-hydrogen) atoms. The number of hydrogen-bond donors (Lipinski definition) is 0. The average molecular weight is 347 g/mol. The molecule has 7 heteroatoms. The molecule has 2 aromatic rings. The van der Waals surface area contributed by atoms with Crippen molar-refractivity contribution in [3.63, 3.8) is 0 Å². The standard InChI is InChI=1S/C17H21N3O3S/c1-11-18-16-15(12-4-2-3-5-13(12)24-16)17(22)20(11)10-14(21)19-6-8-23-9-7-19/h2-10H2,1H3. The normalized spacial score (nSPS) is 18.0. The summed E-state index contributed by atoms with van der Waals surface area (Å²) in [7, 11) is 0. The van der Waals surface area contributed by atoms with Gasteiger partial charge in [-0.15, -0.1) is 11.3 Å². The van der Waals surface area contributed by atoms with Gasteiger partial charge in [-0.3, -0.25) is 14.2 Å². The first-order valence-electron chi connectivity index (χ1n) is 8.52. The van der Waals surface area contributed by atoms with Gasteiger partial charge >= 0.3 is 0 Å². The number of rotatable bonds is 2. The van der Waals surface area contributed by atoms with E-state index in [0.717, 1.165) is 29.5 Å². The Labute approximate surface area is 144 Å². The van der Waals surface area contributed by atoms with Crippen molar-refractivity contribution in [3.05, 3.63) is 26.6 Å². The quantitative estimate of drug-likeness (QED) is 0.826. The van der Waals surface area contributed by atoms with Crippen LogP contribution in [0.25, 0.3) is 10.2 Å². The first kappa shape index (κ1) is 15.8. The van der Waals surface area contributed by atoms with Crippen LogP contribution in [0.1, 0.15) is 29.1 Å². The van der Waals surface area contributed by atoms with Gasteiger partial charge < -0.3 is 9.64 Å². The number of aryl methyl sites for hydroxylation is 3. The lowest BCUT2D eigenvalue weighted by Crippen LogP contribution is -2.43. The van der Waals surface area contributed by atoms with Crippen molar-refractivity contribution in [2.75, 3.05) is 26.3 Å². The van der Waals surface area contributed by atoms with Crippen LogP contribution in [-0.2, 0) is 28.9 Å². The smallest absolute Gasteiger partial charge is 0.263 e. The van der Waals surface area contributed by atoms with Crippen LogP contribution in [0, 0.1) is 6.92 Å². The lowest BCUT2D eigenvalue weighted by Gasteiger charge is -2.27. The van der Waals surface area contributed by atoms with Crippen LogP contribution in [-0.4, -0.2) is 46.7 Å². The van der Waals surface area contributed by atoms with Gasteiger partial charge in [-0.2, -0.15) is 0 Å². The van der Waals surface area contributed by atoms with E-state index in [0.29, 0.717) is 32.1 Å². The Balaban J connectivity index is 1.72. The predicted molar refractivity (Wildman–Crippen MR) is 92.7 cm³/mol. The number of ether oxygens (including phenoxy) is 1. The van der Waals surface area contributed by atoms with E-state index in [2.05, 4.69) is 4.98 Å². The van der Waals surface area contributed by atoms with E-state index in [9.17, 15) is 9.59 Å². The molecule has 0 unspecified atom stereocenters. The third kappa shape index (κ3) is 2.65. The number of amides is 1. The Morgan fingerprint density at radius 1 is 1.25 bits per heavy atom. The van der Waals surface area contributed by atoms with Gasteiger partial charge in [-0.1, -0.05) is 0 Å². The van der Waals surface area contributed by atoms with Gasteiger partial charge in [-0.25, -0.2) is 4.98 Å². The van der Waals surface area contributed by atoms with Crippen molar-refractivity contribution in [3.8, 4) is 0 Å². The Morgan fingerprint density at radius 2 is 2.00 bits per heavy atom. The molecule has 0 aromatic carbocycles. The summed E-state index contributed by atoms with van der Waals surface area (Å²) in [6, 6.07) is 0. The maximum absolute atomic E-state index is 13.0.